The minimum atomic E-state index is -0.343. The number of benzene rings is 2. The lowest BCUT2D eigenvalue weighted by Crippen LogP contribution is -2.28. The van der Waals surface area contributed by atoms with E-state index in [2.05, 4.69) is 9.88 Å². The third-order valence-corrected chi connectivity index (χ3v) is 6.42. The highest BCUT2D eigenvalue weighted by Gasteiger charge is 2.50. The minimum absolute atomic E-state index is 0.0985. The van der Waals surface area contributed by atoms with Crippen molar-refractivity contribution in [2.24, 2.45) is 17.1 Å². The zero-order valence-corrected chi connectivity index (χ0v) is 16.5. The van der Waals surface area contributed by atoms with Crippen LogP contribution in [0.4, 0.5) is 10.2 Å². The van der Waals surface area contributed by atoms with Crippen LogP contribution in [0.3, 0.4) is 0 Å². The van der Waals surface area contributed by atoms with Gasteiger partial charge in [0.05, 0.1) is 11.1 Å². The second kappa shape index (κ2) is 6.93. The van der Waals surface area contributed by atoms with Crippen molar-refractivity contribution < 1.29 is 14.3 Å². The van der Waals surface area contributed by atoms with Crippen molar-refractivity contribution in [3.63, 3.8) is 0 Å². The molecular formula is C23H23FN4O2. The van der Waals surface area contributed by atoms with Gasteiger partial charge in [0.15, 0.2) is 5.82 Å². The summed E-state index contributed by atoms with van der Waals surface area (Å²) in [4.78, 5) is 23.2. The van der Waals surface area contributed by atoms with Crippen molar-refractivity contribution in [2.75, 3.05) is 18.0 Å². The number of carbonyl (C=O) groups is 1. The van der Waals surface area contributed by atoms with E-state index in [0.717, 1.165) is 38.8 Å². The van der Waals surface area contributed by atoms with Gasteiger partial charge in [0.1, 0.15) is 17.4 Å². The molecule has 0 bridgehead atoms. The second-order valence-electron chi connectivity index (χ2n) is 8.50. The van der Waals surface area contributed by atoms with Crippen LogP contribution in [0, 0.1) is 17.2 Å². The minimum Gasteiger partial charge on any atom is -0.507 e. The third kappa shape index (κ3) is 3.24. The Kier molecular flexibility index (Phi) is 4.34. The average molecular weight is 406 g/mol. The van der Waals surface area contributed by atoms with Crippen molar-refractivity contribution in [2.45, 2.75) is 25.7 Å². The smallest absolute Gasteiger partial charge is 0.223 e. The first-order valence-corrected chi connectivity index (χ1v) is 10.3. The zero-order valence-electron chi connectivity index (χ0n) is 16.5. The number of aromatic hydroxyl groups is 1. The first kappa shape index (κ1) is 18.8. The monoisotopic (exact) mass is 406 g/mol. The Hall–Kier alpha value is -3.22. The molecule has 2 heterocycles. The Morgan fingerprint density at radius 2 is 2.03 bits per heavy atom. The Morgan fingerprint density at radius 3 is 2.77 bits per heavy atom. The van der Waals surface area contributed by atoms with Gasteiger partial charge in [-0.3, -0.25) is 4.79 Å². The summed E-state index contributed by atoms with van der Waals surface area (Å²) in [5.41, 5.74) is 6.43. The molecule has 1 amide bonds. The van der Waals surface area contributed by atoms with Gasteiger partial charge in [-0.05, 0) is 61.9 Å². The fourth-order valence-electron chi connectivity index (χ4n) is 4.55. The molecule has 0 spiro atoms. The Bertz CT molecular complexity index is 1150. The summed E-state index contributed by atoms with van der Waals surface area (Å²) in [6, 6.07) is 11.4. The number of para-hydroxylation sites is 1. The van der Waals surface area contributed by atoms with Crippen molar-refractivity contribution >= 4 is 22.6 Å². The predicted octanol–water partition coefficient (Wildman–Crippen LogP) is 3.62. The van der Waals surface area contributed by atoms with E-state index in [0.29, 0.717) is 34.0 Å². The number of amides is 1. The summed E-state index contributed by atoms with van der Waals surface area (Å²) in [6.07, 6.45) is 3.47. The number of phenols is 1. The van der Waals surface area contributed by atoms with E-state index in [9.17, 15) is 14.3 Å². The standard InChI is InChI=1S/C23H23FN4O2/c24-15-5-6-18-17(11-15)21(27-20(26-18)16-3-1-2-4-19(16)29)28-10-7-14(13-28)12-23(8-9-23)22(25)30/h1-6,11,14,29H,7-10,12-13H2,(H2,25,30)/t14-/m1/s1. The maximum absolute atomic E-state index is 14.0. The second-order valence-corrected chi connectivity index (χ2v) is 8.50. The summed E-state index contributed by atoms with van der Waals surface area (Å²) in [5, 5.41) is 10.9. The molecule has 2 aliphatic rings. The molecule has 3 aromatic rings. The first-order valence-electron chi connectivity index (χ1n) is 10.3. The van der Waals surface area contributed by atoms with E-state index in [1.807, 2.05) is 6.07 Å². The van der Waals surface area contributed by atoms with Crippen molar-refractivity contribution in [3.05, 3.63) is 48.3 Å². The lowest BCUT2D eigenvalue weighted by molar-refractivity contribution is -0.123. The van der Waals surface area contributed by atoms with Crippen LogP contribution >= 0.6 is 0 Å². The molecule has 2 fully saturated rings. The third-order valence-electron chi connectivity index (χ3n) is 6.42. The summed E-state index contributed by atoms with van der Waals surface area (Å²) < 4.78 is 14.0. The number of nitrogens with zero attached hydrogens (tertiary/aromatic N) is 3. The molecule has 0 unspecified atom stereocenters. The lowest BCUT2D eigenvalue weighted by Gasteiger charge is -2.21. The van der Waals surface area contributed by atoms with Gasteiger partial charge >= 0.3 is 0 Å². The number of halogens is 1. The van der Waals surface area contributed by atoms with Gasteiger partial charge in [0, 0.05) is 23.9 Å². The SMILES string of the molecule is NC(=O)C1(C[C@H]2CCN(c3nc(-c4ccccc4O)nc4ccc(F)cc34)C2)CC1. The zero-order chi connectivity index (χ0) is 20.9. The fraction of sp³-hybridized carbons (Fsp3) is 0.348. The number of fused-ring (bicyclic) bond motifs is 1. The number of aromatic nitrogens is 2. The van der Waals surface area contributed by atoms with Gasteiger partial charge < -0.3 is 15.7 Å². The maximum atomic E-state index is 14.0. The van der Waals surface area contributed by atoms with Crippen LogP contribution in [-0.4, -0.2) is 34.1 Å². The number of anilines is 1. The normalized spacial score (nSPS) is 19.9. The molecule has 1 aliphatic carbocycles. The van der Waals surface area contributed by atoms with Crippen LogP contribution in [0.5, 0.6) is 5.75 Å². The van der Waals surface area contributed by atoms with Gasteiger partial charge in [-0.25, -0.2) is 14.4 Å². The van der Waals surface area contributed by atoms with E-state index in [1.54, 1.807) is 24.3 Å². The molecule has 1 aromatic heterocycles. The molecule has 1 saturated carbocycles. The molecule has 3 N–H and O–H groups in total. The molecule has 0 radical (unpaired) electrons. The molecule has 154 valence electrons. The number of rotatable bonds is 5. The van der Waals surface area contributed by atoms with Crippen LogP contribution in [-0.2, 0) is 4.79 Å². The van der Waals surface area contributed by atoms with Crippen molar-refractivity contribution in [1.29, 1.82) is 0 Å². The quantitative estimate of drug-likeness (QED) is 0.675. The summed E-state index contributed by atoms with van der Waals surface area (Å²) in [6.45, 7) is 1.50. The van der Waals surface area contributed by atoms with Crippen molar-refractivity contribution in [1.82, 2.24) is 9.97 Å². The molecule has 6 nitrogen and oxygen atoms in total. The maximum Gasteiger partial charge on any atom is 0.223 e. The number of nitrogens with two attached hydrogens (primary N) is 1. The summed E-state index contributed by atoms with van der Waals surface area (Å²) in [5.74, 6) is 0.959. The van der Waals surface area contributed by atoms with E-state index < -0.39 is 0 Å². The molecule has 1 aliphatic heterocycles. The highest BCUT2D eigenvalue weighted by atomic mass is 19.1. The number of carbonyl (C=O) groups excluding carboxylic acids is 1. The predicted molar refractivity (Wildman–Crippen MR) is 112 cm³/mol. The Labute approximate surface area is 173 Å². The summed E-state index contributed by atoms with van der Waals surface area (Å²) in [7, 11) is 0. The number of hydrogen-bond acceptors (Lipinski definition) is 5. The van der Waals surface area contributed by atoms with Crippen molar-refractivity contribution in [3.8, 4) is 17.1 Å². The largest absolute Gasteiger partial charge is 0.507 e. The van der Waals surface area contributed by atoms with E-state index in [4.69, 9.17) is 10.7 Å². The van der Waals surface area contributed by atoms with Gasteiger partial charge in [0.2, 0.25) is 5.91 Å². The van der Waals surface area contributed by atoms with Gasteiger partial charge in [-0.2, -0.15) is 0 Å². The molecular weight excluding hydrogens is 383 g/mol. The average Bonchev–Trinajstić information content (AvgIpc) is 3.37. The van der Waals surface area contributed by atoms with E-state index in [1.165, 1.54) is 12.1 Å². The molecule has 5 rings (SSSR count). The van der Waals surface area contributed by atoms with Crippen LogP contribution < -0.4 is 10.6 Å². The molecule has 1 saturated heterocycles. The van der Waals surface area contributed by atoms with Gasteiger partial charge in [0.25, 0.3) is 0 Å². The van der Waals surface area contributed by atoms with Gasteiger partial charge in [-0.15, -0.1) is 0 Å². The van der Waals surface area contributed by atoms with Crippen LogP contribution in [0.15, 0.2) is 42.5 Å². The van der Waals surface area contributed by atoms with Crippen LogP contribution in [0.2, 0.25) is 0 Å². The number of primary amides is 1. The fourth-order valence-corrected chi connectivity index (χ4v) is 4.55. The number of hydrogen-bond donors (Lipinski definition) is 2. The van der Waals surface area contributed by atoms with Gasteiger partial charge in [-0.1, -0.05) is 12.1 Å². The van der Waals surface area contributed by atoms with E-state index >= 15 is 0 Å². The van der Waals surface area contributed by atoms with E-state index in [-0.39, 0.29) is 22.9 Å². The highest BCUT2D eigenvalue weighted by molar-refractivity contribution is 5.91. The molecule has 30 heavy (non-hydrogen) atoms. The Morgan fingerprint density at radius 1 is 1.23 bits per heavy atom. The summed E-state index contributed by atoms with van der Waals surface area (Å²) >= 11 is 0. The molecule has 7 heteroatoms. The lowest BCUT2D eigenvalue weighted by atomic mass is 9.91. The first-order chi connectivity index (χ1) is 14.4. The molecule has 1 atom stereocenters. The highest BCUT2D eigenvalue weighted by Crippen LogP contribution is 2.51. The molecule has 2 aromatic carbocycles. The number of phenolic OH excluding ortho intramolecular Hbond substituents is 1. The van der Waals surface area contributed by atoms with Crippen LogP contribution in [0.1, 0.15) is 25.7 Å². The van der Waals surface area contributed by atoms with Crippen LogP contribution in [0.25, 0.3) is 22.3 Å². The topological polar surface area (TPSA) is 92.3 Å². The Balaban J connectivity index is 1.52.